The molecular weight excluding hydrogens is 222 g/mol. The number of aliphatic hydroxyl groups excluding tert-OH is 1. The van der Waals surface area contributed by atoms with Crippen molar-refractivity contribution in [1.29, 1.82) is 0 Å². The molecule has 0 bridgehead atoms. The topological polar surface area (TPSA) is 23.5 Å². The number of hydrogen-bond acceptors (Lipinski definition) is 2. The molecule has 0 radical (unpaired) electrons. The number of rotatable bonds is 4. The zero-order chi connectivity index (χ0) is 13.2. The van der Waals surface area contributed by atoms with E-state index in [2.05, 4.69) is 30.9 Å². The molecule has 0 amide bonds. The van der Waals surface area contributed by atoms with Gasteiger partial charge in [-0.3, -0.25) is 0 Å². The van der Waals surface area contributed by atoms with Crippen molar-refractivity contribution in [3.8, 4) is 0 Å². The first-order valence-electron chi connectivity index (χ1n) is 7.14. The molecule has 1 atom stereocenters. The van der Waals surface area contributed by atoms with Crippen molar-refractivity contribution in [3.05, 3.63) is 29.8 Å². The van der Waals surface area contributed by atoms with Gasteiger partial charge in [0.15, 0.2) is 0 Å². The van der Waals surface area contributed by atoms with Crippen LogP contribution in [0.3, 0.4) is 0 Å². The van der Waals surface area contributed by atoms with Gasteiger partial charge in [0, 0.05) is 24.3 Å². The molecule has 1 aromatic rings. The molecule has 1 aliphatic rings. The molecule has 2 rings (SSSR count). The fraction of sp³-hybridized carbons (Fsp3) is 0.625. The maximum atomic E-state index is 9.88. The van der Waals surface area contributed by atoms with E-state index in [9.17, 15) is 5.11 Å². The largest absolute Gasteiger partial charge is 0.389 e. The summed E-state index contributed by atoms with van der Waals surface area (Å²) in [6, 6.07) is 8.26. The Morgan fingerprint density at radius 3 is 2.50 bits per heavy atom. The number of anilines is 1. The molecule has 100 valence electrons. The minimum atomic E-state index is -0.389. The molecule has 1 aromatic carbocycles. The van der Waals surface area contributed by atoms with Gasteiger partial charge in [0.1, 0.15) is 0 Å². The lowest BCUT2D eigenvalue weighted by molar-refractivity contribution is 0.199. The summed E-state index contributed by atoms with van der Waals surface area (Å²) < 4.78 is 0. The van der Waals surface area contributed by atoms with E-state index in [0.29, 0.717) is 5.41 Å². The monoisotopic (exact) mass is 247 g/mol. The molecule has 1 aliphatic heterocycles. The van der Waals surface area contributed by atoms with Gasteiger partial charge in [-0.2, -0.15) is 0 Å². The van der Waals surface area contributed by atoms with Crippen LogP contribution < -0.4 is 4.90 Å². The minimum absolute atomic E-state index is 0.389. The van der Waals surface area contributed by atoms with Crippen molar-refractivity contribution in [2.75, 3.05) is 18.0 Å². The van der Waals surface area contributed by atoms with Crippen LogP contribution in [0.1, 0.15) is 51.7 Å². The summed E-state index contributed by atoms with van der Waals surface area (Å²) in [6.45, 7) is 8.69. The van der Waals surface area contributed by atoms with Crippen LogP contribution in [0.15, 0.2) is 24.3 Å². The Labute approximate surface area is 111 Å². The number of aliphatic hydroxyl groups is 1. The number of benzene rings is 1. The van der Waals surface area contributed by atoms with Gasteiger partial charge < -0.3 is 10.0 Å². The summed E-state index contributed by atoms with van der Waals surface area (Å²) in [6.07, 6.45) is 3.38. The van der Waals surface area contributed by atoms with Gasteiger partial charge in [-0.25, -0.2) is 0 Å². The van der Waals surface area contributed by atoms with Crippen LogP contribution in [0.5, 0.6) is 0 Å². The van der Waals surface area contributed by atoms with E-state index in [1.807, 2.05) is 19.1 Å². The van der Waals surface area contributed by atoms with Gasteiger partial charge in [0.2, 0.25) is 0 Å². The highest BCUT2D eigenvalue weighted by Crippen LogP contribution is 2.40. The summed E-state index contributed by atoms with van der Waals surface area (Å²) in [5, 5.41) is 9.88. The molecule has 0 saturated carbocycles. The average Bonchev–Trinajstić information content (AvgIpc) is 2.83. The van der Waals surface area contributed by atoms with E-state index in [-0.39, 0.29) is 6.10 Å². The molecule has 18 heavy (non-hydrogen) atoms. The Kier molecular flexibility index (Phi) is 3.96. The molecule has 0 spiro atoms. The summed E-state index contributed by atoms with van der Waals surface area (Å²) >= 11 is 0. The van der Waals surface area contributed by atoms with Crippen LogP contribution in [0.25, 0.3) is 0 Å². The van der Waals surface area contributed by atoms with E-state index >= 15 is 0 Å². The Bertz CT molecular complexity index is 396. The molecule has 1 fully saturated rings. The Hall–Kier alpha value is -1.02. The van der Waals surface area contributed by atoms with E-state index in [1.54, 1.807) is 0 Å². The zero-order valence-electron chi connectivity index (χ0n) is 11.8. The zero-order valence-corrected chi connectivity index (χ0v) is 11.8. The fourth-order valence-corrected chi connectivity index (χ4v) is 3.10. The smallest absolute Gasteiger partial charge is 0.0781 e. The molecule has 0 aromatic heterocycles. The fourth-order valence-electron chi connectivity index (χ4n) is 3.10. The third-order valence-electron chi connectivity index (χ3n) is 4.67. The van der Waals surface area contributed by atoms with Crippen LogP contribution in [-0.2, 0) is 0 Å². The SMILES string of the molecule is CCC1(CC)CCN(c2ccccc2[C@H](C)O)C1. The number of nitrogens with zero attached hydrogens (tertiary/aromatic N) is 1. The first-order chi connectivity index (χ1) is 8.62. The lowest BCUT2D eigenvalue weighted by atomic mass is 9.82. The predicted octanol–water partition coefficient (Wildman–Crippen LogP) is 3.76. The van der Waals surface area contributed by atoms with Crippen molar-refractivity contribution in [2.24, 2.45) is 5.41 Å². The standard InChI is InChI=1S/C16H25NO/c1-4-16(5-2)10-11-17(12-16)15-9-7-6-8-14(15)13(3)18/h6-9,13,18H,4-5,10-12H2,1-3H3/t13-/m0/s1. The molecule has 2 nitrogen and oxygen atoms in total. The van der Waals surface area contributed by atoms with Crippen LogP contribution in [0, 0.1) is 5.41 Å². The lowest BCUT2D eigenvalue weighted by Gasteiger charge is -2.28. The van der Waals surface area contributed by atoms with Crippen LogP contribution in [0.4, 0.5) is 5.69 Å². The highest BCUT2D eigenvalue weighted by molar-refractivity contribution is 5.55. The average molecular weight is 247 g/mol. The highest BCUT2D eigenvalue weighted by atomic mass is 16.3. The molecule has 1 saturated heterocycles. The van der Waals surface area contributed by atoms with Crippen molar-refractivity contribution in [1.82, 2.24) is 0 Å². The molecule has 1 heterocycles. The Morgan fingerprint density at radius 1 is 1.28 bits per heavy atom. The second-order valence-corrected chi connectivity index (χ2v) is 5.61. The third-order valence-corrected chi connectivity index (χ3v) is 4.67. The lowest BCUT2D eigenvalue weighted by Crippen LogP contribution is -2.27. The summed E-state index contributed by atoms with van der Waals surface area (Å²) in [4.78, 5) is 2.45. The summed E-state index contributed by atoms with van der Waals surface area (Å²) in [5.74, 6) is 0. The van der Waals surface area contributed by atoms with E-state index < -0.39 is 0 Å². The van der Waals surface area contributed by atoms with E-state index in [0.717, 1.165) is 18.7 Å². The maximum Gasteiger partial charge on any atom is 0.0781 e. The van der Waals surface area contributed by atoms with Crippen LogP contribution >= 0.6 is 0 Å². The van der Waals surface area contributed by atoms with Gasteiger partial charge in [0.05, 0.1) is 6.10 Å². The first kappa shape index (κ1) is 13.4. The van der Waals surface area contributed by atoms with Gasteiger partial charge in [-0.05, 0) is 37.7 Å². The normalized spacial score (nSPS) is 20.1. The second kappa shape index (κ2) is 5.31. The van der Waals surface area contributed by atoms with Gasteiger partial charge in [0.25, 0.3) is 0 Å². The van der Waals surface area contributed by atoms with Crippen molar-refractivity contribution in [3.63, 3.8) is 0 Å². The molecule has 0 unspecified atom stereocenters. The molecule has 1 N–H and O–H groups in total. The molecule has 2 heteroatoms. The summed E-state index contributed by atoms with van der Waals surface area (Å²) in [7, 11) is 0. The molecule has 0 aliphatic carbocycles. The van der Waals surface area contributed by atoms with Crippen molar-refractivity contribution in [2.45, 2.75) is 46.1 Å². The van der Waals surface area contributed by atoms with Gasteiger partial charge in [-0.1, -0.05) is 32.0 Å². The van der Waals surface area contributed by atoms with Gasteiger partial charge in [-0.15, -0.1) is 0 Å². The van der Waals surface area contributed by atoms with Gasteiger partial charge >= 0.3 is 0 Å². The quantitative estimate of drug-likeness (QED) is 0.875. The van der Waals surface area contributed by atoms with E-state index in [4.69, 9.17) is 0 Å². The minimum Gasteiger partial charge on any atom is -0.389 e. The van der Waals surface area contributed by atoms with Crippen LogP contribution in [-0.4, -0.2) is 18.2 Å². The Morgan fingerprint density at radius 2 is 1.94 bits per heavy atom. The van der Waals surface area contributed by atoms with Crippen molar-refractivity contribution < 1.29 is 5.11 Å². The number of hydrogen-bond donors (Lipinski definition) is 1. The Balaban J connectivity index is 2.24. The maximum absolute atomic E-state index is 9.88. The third kappa shape index (κ3) is 2.39. The molecular formula is C16H25NO. The number of para-hydroxylation sites is 1. The highest BCUT2D eigenvalue weighted by Gasteiger charge is 2.35. The predicted molar refractivity (Wildman–Crippen MR) is 76.9 cm³/mol. The van der Waals surface area contributed by atoms with Crippen LogP contribution in [0.2, 0.25) is 0 Å². The first-order valence-corrected chi connectivity index (χ1v) is 7.14. The summed E-state index contributed by atoms with van der Waals surface area (Å²) in [5.41, 5.74) is 2.75. The van der Waals surface area contributed by atoms with Crippen molar-refractivity contribution >= 4 is 5.69 Å². The van der Waals surface area contributed by atoms with E-state index in [1.165, 1.54) is 24.9 Å². The second-order valence-electron chi connectivity index (χ2n) is 5.61.